The van der Waals surface area contributed by atoms with Crippen LogP contribution < -0.4 is 15.6 Å². The summed E-state index contributed by atoms with van der Waals surface area (Å²) in [6.45, 7) is 20.6. The zero-order valence-corrected chi connectivity index (χ0v) is 28.5. The predicted octanol–water partition coefficient (Wildman–Crippen LogP) is 7.42. The summed E-state index contributed by atoms with van der Waals surface area (Å²) < 4.78 is 0. The van der Waals surface area contributed by atoms with E-state index in [-0.39, 0.29) is 0 Å². The van der Waals surface area contributed by atoms with Gasteiger partial charge in [0.25, 0.3) is 0 Å². The minimum Gasteiger partial charge on any atom is -0.0892 e. The summed E-state index contributed by atoms with van der Waals surface area (Å²) in [5.74, 6) is 0. The minimum atomic E-state index is -2.25. The van der Waals surface area contributed by atoms with Crippen molar-refractivity contribution in [3.05, 3.63) is 131 Å². The van der Waals surface area contributed by atoms with Crippen molar-refractivity contribution in [3.63, 3.8) is 0 Å². The molecule has 0 aliphatic heterocycles. The molecule has 4 heteroatoms. The maximum atomic E-state index is 2.69. The van der Waals surface area contributed by atoms with Crippen molar-refractivity contribution >= 4 is 52.8 Å². The molecule has 0 aliphatic carbocycles. The Bertz CT molecular complexity index is 1340. The quantitative estimate of drug-likeness (QED) is 0.196. The molecule has 38 heavy (non-hydrogen) atoms. The zero-order valence-electron chi connectivity index (χ0n) is 24.5. The monoisotopic (exact) mass is 563 g/mol. The molecular weight excluding hydrogens is 521 g/mol. The fourth-order valence-corrected chi connectivity index (χ4v) is 33.9. The molecule has 0 heterocycles. The van der Waals surface area contributed by atoms with Gasteiger partial charge in [0.1, 0.15) is 15.9 Å². The molecule has 0 N–H and O–H groups in total. The molecule has 0 unspecified atom stereocenters. The van der Waals surface area contributed by atoms with Crippen LogP contribution in [0, 0.1) is 6.92 Å². The molecule has 0 saturated heterocycles. The molecule has 0 spiro atoms. The van der Waals surface area contributed by atoms with Gasteiger partial charge in [0.15, 0.2) is 0 Å². The zero-order chi connectivity index (χ0) is 27.6. The number of hydrogen-bond donors (Lipinski definition) is 0. The Balaban J connectivity index is 2.25. The Labute approximate surface area is 235 Å². The second kappa shape index (κ2) is 11.3. The van der Waals surface area contributed by atoms with Crippen molar-refractivity contribution in [2.45, 2.75) is 52.8 Å². The van der Waals surface area contributed by atoms with Gasteiger partial charge in [0, 0.05) is 0 Å². The molecule has 0 atom stereocenters. The van der Waals surface area contributed by atoms with Gasteiger partial charge in [0.05, 0.1) is 16.1 Å². The molecular formula is C34H43Si4. The van der Waals surface area contributed by atoms with Crippen molar-refractivity contribution in [2.24, 2.45) is 0 Å². The largest absolute Gasteiger partial charge is 0.115 e. The first-order chi connectivity index (χ1) is 18.0. The first-order valence-electron chi connectivity index (χ1n) is 13.8. The van der Waals surface area contributed by atoms with Crippen molar-refractivity contribution in [3.8, 4) is 0 Å². The van der Waals surface area contributed by atoms with Crippen LogP contribution in [0.4, 0.5) is 0 Å². The van der Waals surface area contributed by atoms with Gasteiger partial charge in [-0.1, -0.05) is 192 Å². The molecule has 4 rings (SSSR count). The number of rotatable bonds is 8. The average molecular weight is 564 g/mol. The van der Waals surface area contributed by atoms with E-state index in [1.54, 1.807) is 20.8 Å². The fourth-order valence-electron chi connectivity index (χ4n) is 5.94. The first-order valence-corrected chi connectivity index (χ1v) is 25.8. The highest BCUT2D eigenvalue weighted by Crippen LogP contribution is 2.37. The summed E-state index contributed by atoms with van der Waals surface area (Å²) in [4.78, 5) is 1.86. The lowest BCUT2D eigenvalue weighted by Crippen LogP contribution is -2.73. The van der Waals surface area contributed by atoms with Gasteiger partial charge in [-0.25, -0.2) is 0 Å². The summed E-state index contributed by atoms with van der Waals surface area (Å²) in [6.07, 6.45) is 0. The standard InChI is InChI=1S/C34H43Si4/c1-28-20-18-19-27-32(28)35(38(8,30-23-14-10-15-24-30)31-25-16-11-17-26-31)34(37(5,6)7)33(36(2,3)4)29-21-12-9-13-22-29/h9-27H,1-8H3/b34-33+. The number of aryl methyl sites for hydroxylation is 1. The Morgan fingerprint density at radius 2 is 0.921 bits per heavy atom. The summed E-state index contributed by atoms with van der Waals surface area (Å²) in [6, 6.07) is 43.9. The third-order valence-electron chi connectivity index (χ3n) is 7.68. The van der Waals surface area contributed by atoms with Crippen molar-refractivity contribution in [2.75, 3.05) is 0 Å². The van der Waals surface area contributed by atoms with Crippen LogP contribution in [-0.2, 0) is 0 Å². The molecule has 195 valence electrons. The molecule has 0 nitrogen and oxygen atoms in total. The van der Waals surface area contributed by atoms with Gasteiger partial charge in [-0.2, -0.15) is 0 Å². The maximum Gasteiger partial charge on any atom is 0.115 e. The summed E-state index contributed by atoms with van der Waals surface area (Å²) in [7, 11) is -6.98. The van der Waals surface area contributed by atoms with Crippen molar-refractivity contribution in [1.29, 1.82) is 0 Å². The van der Waals surface area contributed by atoms with E-state index in [0.29, 0.717) is 0 Å². The average Bonchev–Trinajstić information content (AvgIpc) is 2.89. The summed E-state index contributed by atoms with van der Waals surface area (Å²) in [5.41, 5.74) is 2.91. The lowest BCUT2D eigenvalue weighted by atomic mass is 10.2. The third kappa shape index (κ3) is 5.74. The first kappa shape index (κ1) is 28.5. The summed E-state index contributed by atoms with van der Waals surface area (Å²) in [5, 5.41) is 6.45. The molecule has 0 saturated carbocycles. The summed E-state index contributed by atoms with van der Waals surface area (Å²) >= 11 is 0. The van der Waals surface area contributed by atoms with Gasteiger partial charge in [-0.3, -0.25) is 0 Å². The SMILES string of the molecule is Cc1ccccc1[Si](/C(=C(/c1ccccc1)[Si](C)(C)C)[Si](C)(C)C)[Si](C)(c1ccccc1)c1ccccc1. The normalized spacial score (nSPS) is 13.4. The van der Waals surface area contributed by atoms with Crippen LogP contribution in [0.3, 0.4) is 0 Å². The predicted molar refractivity (Wildman–Crippen MR) is 180 cm³/mol. The van der Waals surface area contributed by atoms with Gasteiger partial charge >= 0.3 is 0 Å². The molecule has 0 amide bonds. The molecule has 0 aromatic heterocycles. The minimum absolute atomic E-state index is 1.20. The van der Waals surface area contributed by atoms with E-state index in [1.807, 2.05) is 4.82 Å². The Morgan fingerprint density at radius 3 is 1.34 bits per heavy atom. The van der Waals surface area contributed by atoms with E-state index < -0.39 is 32.1 Å². The van der Waals surface area contributed by atoms with Crippen molar-refractivity contribution in [1.82, 2.24) is 0 Å². The lowest BCUT2D eigenvalue weighted by Gasteiger charge is -2.44. The van der Waals surface area contributed by atoms with Gasteiger partial charge in [-0.15, -0.1) is 0 Å². The molecule has 4 aromatic carbocycles. The van der Waals surface area contributed by atoms with Crippen LogP contribution in [0.25, 0.3) is 5.20 Å². The van der Waals surface area contributed by atoms with Gasteiger partial charge in [-0.05, 0) is 12.5 Å². The van der Waals surface area contributed by atoms with E-state index in [1.165, 1.54) is 11.1 Å². The van der Waals surface area contributed by atoms with Gasteiger partial charge in [0.2, 0.25) is 0 Å². The van der Waals surface area contributed by atoms with Crippen LogP contribution in [0.2, 0.25) is 45.8 Å². The van der Waals surface area contributed by atoms with Gasteiger partial charge < -0.3 is 0 Å². The molecule has 0 aliphatic rings. The lowest BCUT2D eigenvalue weighted by molar-refractivity contribution is 1.51. The van der Waals surface area contributed by atoms with E-state index >= 15 is 0 Å². The second-order valence-electron chi connectivity index (χ2n) is 12.7. The van der Waals surface area contributed by atoms with Crippen LogP contribution in [0.1, 0.15) is 11.1 Å². The maximum absolute atomic E-state index is 2.69. The van der Waals surface area contributed by atoms with Crippen LogP contribution in [-0.4, -0.2) is 32.1 Å². The number of hydrogen-bond acceptors (Lipinski definition) is 0. The highest BCUT2D eigenvalue weighted by molar-refractivity contribution is 7.52. The van der Waals surface area contributed by atoms with Crippen LogP contribution >= 0.6 is 0 Å². The highest BCUT2D eigenvalue weighted by atomic mass is 29.2. The van der Waals surface area contributed by atoms with E-state index in [4.69, 9.17) is 0 Å². The molecule has 4 aromatic rings. The van der Waals surface area contributed by atoms with Crippen LogP contribution in [0.15, 0.2) is 120 Å². The Hall–Kier alpha value is -2.51. The molecule has 0 fully saturated rings. The fraction of sp³-hybridized carbons (Fsp3) is 0.235. The van der Waals surface area contributed by atoms with E-state index in [9.17, 15) is 0 Å². The third-order valence-corrected chi connectivity index (χ3v) is 27.8. The Morgan fingerprint density at radius 1 is 0.500 bits per heavy atom. The number of benzene rings is 4. The van der Waals surface area contributed by atoms with E-state index in [2.05, 4.69) is 168 Å². The molecule has 1 radical (unpaired) electrons. The smallest absolute Gasteiger partial charge is 0.0892 e. The molecule has 0 bridgehead atoms. The van der Waals surface area contributed by atoms with Crippen LogP contribution in [0.5, 0.6) is 0 Å². The highest BCUT2D eigenvalue weighted by Gasteiger charge is 2.49. The Kier molecular flexibility index (Phi) is 8.48. The topological polar surface area (TPSA) is 0 Å². The second-order valence-corrected chi connectivity index (χ2v) is 32.9. The van der Waals surface area contributed by atoms with Crippen molar-refractivity contribution < 1.29 is 0 Å². The van der Waals surface area contributed by atoms with E-state index in [0.717, 1.165) is 0 Å².